The molecule has 0 amide bonds. The zero-order valence-corrected chi connectivity index (χ0v) is 17.6. The van der Waals surface area contributed by atoms with E-state index in [1.165, 1.54) is 6.07 Å². The van der Waals surface area contributed by atoms with Crippen LogP contribution in [0.15, 0.2) is 24.3 Å². The van der Waals surface area contributed by atoms with Crippen molar-refractivity contribution in [2.45, 2.75) is 65.0 Å². The van der Waals surface area contributed by atoms with Crippen molar-refractivity contribution in [2.24, 2.45) is 0 Å². The lowest BCUT2D eigenvalue weighted by Gasteiger charge is -2.40. The van der Waals surface area contributed by atoms with E-state index in [4.69, 9.17) is 0 Å². The molecule has 1 fully saturated rings. The summed E-state index contributed by atoms with van der Waals surface area (Å²) in [5.74, 6) is 0.812. The van der Waals surface area contributed by atoms with Crippen LogP contribution in [0.25, 0.3) is 0 Å². The minimum atomic E-state index is -0.146. The van der Waals surface area contributed by atoms with E-state index in [-0.39, 0.29) is 17.4 Å². The molecule has 1 aliphatic heterocycles. The third-order valence-corrected chi connectivity index (χ3v) is 6.01. The second-order valence-corrected chi connectivity index (χ2v) is 8.25. The molecular formula is C21H33FN6. The molecule has 2 heterocycles. The molecule has 28 heavy (non-hydrogen) atoms. The summed E-state index contributed by atoms with van der Waals surface area (Å²) in [6, 6.07) is 7.24. The van der Waals surface area contributed by atoms with Crippen LogP contribution in [-0.4, -0.2) is 51.3 Å². The monoisotopic (exact) mass is 388 g/mol. The molecule has 2 aromatic rings. The molecule has 3 rings (SSSR count). The zero-order chi connectivity index (χ0) is 20.1. The summed E-state index contributed by atoms with van der Waals surface area (Å²) in [5, 5.41) is 12.8. The number of hydrogen-bond acceptors (Lipinski definition) is 5. The van der Waals surface area contributed by atoms with Crippen LogP contribution < -0.4 is 4.90 Å². The lowest BCUT2D eigenvalue weighted by atomic mass is 10.00. The van der Waals surface area contributed by atoms with Gasteiger partial charge in [-0.25, -0.2) is 9.07 Å². The van der Waals surface area contributed by atoms with Crippen LogP contribution in [0.2, 0.25) is 0 Å². The molecule has 0 spiro atoms. The van der Waals surface area contributed by atoms with Crippen molar-refractivity contribution in [3.63, 3.8) is 0 Å². The number of piperazine rings is 1. The topological polar surface area (TPSA) is 50.1 Å². The second-order valence-electron chi connectivity index (χ2n) is 8.25. The van der Waals surface area contributed by atoms with Crippen LogP contribution in [0.1, 0.15) is 65.2 Å². The Morgan fingerprint density at radius 1 is 1.11 bits per heavy atom. The fourth-order valence-corrected chi connectivity index (χ4v) is 3.84. The number of anilines is 1. The molecule has 1 atom stereocenters. The predicted octanol–water partition coefficient (Wildman–Crippen LogP) is 4.01. The highest BCUT2D eigenvalue weighted by atomic mass is 19.1. The first-order valence-electron chi connectivity index (χ1n) is 10.5. The number of unbranched alkanes of at least 4 members (excludes halogenated alkanes) is 1. The van der Waals surface area contributed by atoms with Gasteiger partial charge in [-0.15, -0.1) is 5.10 Å². The van der Waals surface area contributed by atoms with E-state index in [9.17, 15) is 4.39 Å². The molecule has 154 valence electrons. The maximum absolute atomic E-state index is 14.2. The SMILES string of the molecule is CCCCC(c1nnnn1C(C)(C)CC)N1CCN(c2ccccc2F)CC1. The van der Waals surface area contributed by atoms with Crippen LogP contribution in [0.3, 0.4) is 0 Å². The van der Waals surface area contributed by atoms with E-state index in [1.54, 1.807) is 6.07 Å². The van der Waals surface area contributed by atoms with Gasteiger partial charge in [-0.2, -0.15) is 0 Å². The number of hydrogen-bond donors (Lipinski definition) is 0. The lowest BCUT2D eigenvalue weighted by molar-refractivity contribution is 0.152. The van der Waals surface area contributed by atoms with Gasteiger partial charge in [0.15, 0.2) is 5.82 Å². The first kappa shape index (κ1) is 20.7. The molecule has 7 heteroatoms. The van der Waals surface area contributed by atoms with Crippen molar-refractivity contribution >= 4 is 5.69 Å². The maximum atomic E-state index is 14.2. The molecule has 1 saturated heterocycles. The van der Waals surface area contributed by atoms with Crippen molar-refractivity contribution < 1.29 is 4.39 Å². The largest absolute Gasteiger partial charge is 0.367 e. The highest BCUT2D eigenvalue weighted by Crippen LogP contribution is 2.31. The van der Waals surface area contributed by atoms with Crippen LogP contribution in [0.4, 0.5) is 10.1 Å². The first-order valence-corrected chi connectivity index (χ1v) is 10.5. The minimum Gasteiger partial charge on any atom is -0.367 e. The highest BCUT2D eigenvalue weighted by molar-refractivity contribution is 5.48. The van der Waals surface area contributed by atoms with Crippen molar-refractivity contribution in [3.05, 3.63) is 35.9 Å². The molecule has 0 N–H and O–H groups in total. The standard InChI is InChI=1S/C21H33FN6/c1-5-7-11-19(20-23-24-25-28(20)21(3,4)6-2)27-15-13-26(14-16-27)18-12-9-8-10-17(18)22/h8-10,12,19H,5-7,11,13-16H2,1-4H3. The summed E-state index contributed by atoms with van der Waals surface area (Å²) in [4.78, 5) is 4.61. The average Bonchev–Trinajstić information content (AvgIpc) is 3.20. The van der Waals surface area contributed by atoms with Gasteiger partial charge in [-0.3, -0.25) is 4.90 Å². The normalized spacial score (nSPS) is 17.1. The van der Waals surface area contributed by atoms with Gasteiger partial charge in [0.25, 0.3) is 0 Å². The molecule has 6 nitrogen and oxygen atoms in total. The van der Waals surface area contributed by atoms with E-state index < -0.39 is 0 Å². The molecule has 0 aliphatic carbocycles. The molecule has 0 radical (unpaired) electrons. The Morgan fingerprint density at radius 2 is 1.82 bits per heavy atom. The van der Waals surface area contributed by atoms with Gasteiger partial charge in [-0.05, 0) is 49.2 Å². The summed E-state index contributed by atoms with van der Waals surface area (Å²) in [6.07, 6.45) is 4.28. The van der Waals surface area contributed by atoms with Gasteiger partial charge in [-0.1, -0.05) is 38.8 Å². The van der Waals surface area contributed by atoms with Crippen LogP contribution in [-0.2, 0) is 5.54 Å². The molecular weight excluding hydrogens is 355 g/mol. The lowest BCUT2D eigenvalue weighted by Crippen LogP contribution is -2.48. The molecule has 1 aromatic carbocycles. The number of tetrazole rings is 1. The van der Waals surface area contributed by atoms with Crippen LogP contribution >= 0.6 is 0 Å². The third-order valence-electron chi connectivity index (χ3n) is 6.01. The Labute approximate surface area is 167 Å². The Kier molecular flexibility index (Phi) is 6.65. The Hall–Kier alpha value is -2.02. The second kappa shape index (κ2) is 8.99. The summed E-state index contributed by atoms with van der Waals surface area (Å²) in [7, 11) is 0. The van der Waals surface area contributed by atoms with E-state index in [0.717, 1.165) is 57.7 Å². The quantitative estimate of drug-likeness (QED) is 0.684. The summed E-state index contributed by atoms with van der Waals surface area (Å²) >= 11 is 0. The highest BCUT2D eigenvalue weighted by Gasteiger charge is 2.32. The summed E-state index contributed by atoms with van der Waals surface area (Å²) < 4.78 is 16.2. The molecule has 1 aromatic heterocycles. The third kappa shape index (κ3) is 4.35. The number of para-hydroxylation sites is 1. The minimum absolute atomic E-state index is 0.113. The summed E-state index contributed by atoms with van der Waals surface area (Å²) in [5.41, 5.74) is 0.586. The van der Waals surface area contributed by atoms with Crippen molar-refractivity contribution in [3.8, 4) is 0 Å². The van der Waals surface area contributed by atoms with Gasteiger partial charge >= 0.3 is 0 Å². The Morgan fingerprint density at radius 3 is 2.46 bits per heavy atom. The molecule has 0 bridgehead atoms. The summed E-state index contributed by atoms with van der Waals surface area (Å²) in [6.45, 7) is 12.1. The van der Waals surface area contributed by atoms with Gasteiger partial charge in [0, 0.05) is 26.2 Å². The first-order chi connectivity index (χ1) is 13.5. The van der Waals surface area contributed by atoms with Crippen LogP contribution in [0, 0.1) is 5.82 Å². The number of aromatic nitrogens is 4. The maximum Gasteiger partial charge on any atom is 0.168 e. The van der Waals surface area contributed by atoms with Crippen molar-refractivity contribution in [2.75, 3.05) is 31.1 Å². The Bertz CT molecular complexity index is 751. The number of rotatable bonds is 8. The number of halogens is 1. The number of nitrogens with zero attached hydrogens (tertiary/aromatic N) is 6. The van der Waals surface area contributed by atoms with Gasteiger partial charge in [0.2, 0.25) is 0 Å². The predicted molar refractivity (Wildman–Crippen MR) is 110 cm³/mol. The van der Waals surface area contributed by atoms with Gasteiger partial charge in [0.05, 0.1) is 17.3 Å². The molecule has 1 aliphatic rings. The fraction of sp³-hybridized carbons (Fsp3) is 0.667. The smallest absolute Gasteiger partial charge is 0.168 e. The number of benzene rings is 1. The van der Waals surface area contributed by atoms with E-state index in [1.807, 2.05) is 16.8 Å². The zero-order valence-electron chi connectivity index (χ0n) is 17.6. The van der Waals surface area contributed by atoms with Gasteiger partial charge in [0.1, 0.15) is 5.82 Å². The van der Waals surface area contributed by atoms with E-state index >= 15 is 0 Å². The van der Waals surface area contributed by atoms with E-state index in [2.05, 4.69) is 53.0 Å². The van der Waals surface area contributed by atoms with Gasteiger partial charge < -0.3 is 4.90 Å². The van der Waals surface area contributed by atoms with Crippen molar-refractivity contribution in [1.82, 2.24) is 25.1 Å². The van der Waals surface area contributed by atoms with Crippen LogP contribution in [0.5, 0.6) is 0 Å². The fourth-order valence-electron chi connectivity index (χ4n) is 3.84. The average molecular weight is 389 g/mol. The van der Waals surface area contributed by atoms with E-state index in [0.29, 0.717) is 5.69 Å². The molecule has 0 saturated carbocycles. The van der Waals surface area contributed by atoms with Crippen molar-refractivity contribution in [1.29, 1.82) is 0 Å². The molecule has 1 unspecified atom stereocenters. The Balaban J connectivity index is 1.77.